The smallest absolute Gasteiger partial charge is 0.142 e. The van der Waals surface area contributed by atoms with E-state index in [2.05, 4.69) is 4.98 Å². The van der Waals surface area contributed by atoms with Crippen molar-refractivity contribution < 1.29 is 5.11 Å². The zero-order chi connectivity index (χ0) is 10.1. The van der Waals surface area contributed by atoms with Crippen molar-refractivity contribution >= 4 is 11.3 Å². The van der Waals surface area contributed by atoms with Gasteiger partial charge in [0, 0.05) is 25.0 Å². The van der Waals surface area contributed by atoms with Crippen molar-refractivity contribution in [2.24, 2.45) is 7.05 Å². The summed E-state index contributed by atoms with van der Waals surface area (Å²) in [4.78, 5) is 4.13. The third-order valence-corrected chi connectivity index (χ3v) is 3.17. The lowest BCUT2D eigenvalue weighted by Gasteiger charge is -2.09. The van der Waals surface area contributed by atoms with E-state index in [1.807, 2.05) is 35.5 Å². The number of nitrogens with zero attached hydrogens (tertiary/aromatic N) is 2. The molecule has 0 aromatic carbocycles. The van der Waals surface area contributed by atoms with Crippen molar-refractivity contribution in [3.05, 3.63) is 40.1 Å². The van der Waals surface area contributed by atoms with Gasteiger partial charge in [0.1, 0.15) is 11.9 Å². The van der Waals surface area contributed by atoms with E-state index < -0.39 is 6.10 Å². The highest BCUT2D eigenvalue weighted by Crippen LogP contribution is 2.25. The third kappa shape index (κ3) is 1.47. The SMILES string of the molecule is Cc1cscc1C(O)c1nccn1C. The number of thiophene rings is 1. The van der Waals surface area contributed by atoms with Crippen LogP contribution in [0.5, 0.6) is 0 Å². The minimum atomic E-state index is -0.610. The van der Waals surface area contributed by atoms with Crippen LogP contribution in [-0.2, 0) is 7.05 Å². The molecule has 4 heteroatoms. The molecular formula is C10H12N2OS. The van der Waals surface area contributed by atoms with E-state index in [1.165, 1.54) is 0 Å². The lowest BCUT2D eigenvalue weighted by atomic mass is 10.1. The van der Waals surface area contributed by atoms with E-state index in [0.717, 1.165) is 11.1 Å². The number of aliphatic hydroxyl groups is 1. The lowest BCUT2D eigenvalue weighted by Crippen LogP contribution is -2.06. The molecule has 1 unspecified atom stereocenters. The summed E-state index contributed by atoms with van der Waals surface area (Å²) < 4.78 is 1.84. The molecule has 0 aliphatic rings. The summed E-state index contributed by atoms with van der Waals surface area (Å²) >= 11 is 1.60. The van der Waals surface area contributed by atoms with Crippen molar-refractivity contribution in [1.82, 2.24) is 9.55 Å². The number of hydrogen-bond acceptors (Lipinski definition) is 3. The van der Waals surface area contributed by atoms with Crippen molar-refractivity contribution in [1.29, 1.82) is 0 Å². The van der Waals surface area contributed by atoms with Gasteiger partial charge in [-0.2, -0.15) is 11.3 Å². The second-order valence-electron chi connectivity index (χ2n) is 3.31. The quantitative estimate of drug-likeness (QED) is 0.818. The van der Waals surface area contributed by atoms with Gasteiger partial charge in [-0.1, -0.05) is 0 Å². The van der Waals surface area contributed by atoms with E-state index in [-0.39, 0.29) is 0 Å². The predicted octanol–water partition coefficient (Wildman–Crippen LogP) is 1.87. The maximum absolute atomic E-state index is 10.1. The highest BCUT2D eigenvalue weighted by atomic mass is 32.1. The molecule has 2 rings (SSSR count). The maximum Gasteiger partial charge on any atom is 0.142 e. The van der Waals surface area contributed by atoms with Gasteiger partial charge in [0.25, 0.3) is 0 Å². The molecule has 0 bridgehead atoms. The molecule has 0 aliphatic heterocycles. The fraction of sp³-hybridized carbons (Fsp3) is 0.300. The predicted molar refractivity (Wildman–Crippen MR) is 56.3 cm³/mol. The molecule has 0 fully saturated rings. The number of aliphatic hydroxyl groups excluding tert-OH is 1. The molecule has 0 saturated carbocycles. The standard InChI is InChI=1S/C10H12N2OS/c1-7-5-14-6-8(7)9(13)10-11-3-4-12(10)2/h3-6,9,13H,1-2H3. The van der Waals surface area contributed by atoms with E-state index in [4.69, 9.17) is 0 Å². The van der Waals surface area contributed by atoms with Crippen molar-refractivity contribution in [2.75, 3.05) is 0 Å². The summed E-state index contributed by atoms with van der Waals surface area (Å²) in [5.41, 5.74) is 2.06. The second-order valence-corrected chi connectivity index (χ2v) is 4.05. The van der Waals surface area contributed by atoms with E-state index in [0.29, 0.717) is 5.82 Å². The fourth-order valence-electron chi connectivity index (χ4n) is 1.43. The topological polar surface area (TPSA) is 38.1 Å². The highest BCUT2D eigenvalue weighted by molar-refractivity contribution is 7.08. The van der Waals surface area contributed by atoms with Crippen LogP contribution in [0, 0.1) is 6.92 Å². The molecule has 2 heterocycles. The van der Waals surface area contributed by atoms with E-state index in [1.54, 1.807) is 17.5 Å². The summed E-state index contributed by atoms with van der Waals surface area (Å²) in [5.74, 6) is 0.687. The van der Waals surface area contributed by atoms with Gasteiger partial charge in [-0.05, 0) is 23.2 Å². The Kier molecular flexibility index (Phi) is 2.39. The molecule has 14 heavy (non-hydrogen) atoms. The first-order valence-electron chi connectivity index (χ1n) is 4.38. The zero-order valence-corrected chi connectivity index (χ0v) is 8.95. The number of hydrogen-bond donors (Lipinski definition) is 1. The molecule has 0 amide bonds. The minimum absolute atomic E-state index is 0.610. The van der Waals surface area contributed by atoms with E-state index >= 15 is 0 Å². The molecule has 0 aliphatic carbocycles. The Labute approximate surface area is 86.7 Å². The number of imidazole rings is 1. The summed E-state index contributed by atoms with van der Waals surface area (Å²) in [5, 5.41) is 14.1. The van der Waals surface area contributed by atoms with Crippen LogP contribution in [0.15, 0.2) is 23.2 Å². The van der Waals surface area contributed by atoms with Crippen molar-refractivity contribution in [2.45, 2.75) is 13.0 Å². The Hall–Kier alpha value is -1.13. The van der Waals surface area contributed by atoms with E-state index in [9.17, 15) is 5.11 Å². The van der Waals surface area contributed by atoms with Crippen LogP contribution in [0.3, 0.4) is 0 Å². The first kappa shape index (κ1) is 9.43. The van der Waals surface area contributed by atoms with Crippen LogP contribution in [0.4, 0.5) is 0 Å². The van der Waals surface area contributed by atoms with Crippen LogP contribution in [0.25, 0.3) is 0 Å². The number of aromatic nitrogens is 2. The van der Waals surface area contributed by atoms with Gasteiger partial charge in [0.2, 0.25) is 0 Å². The van der Waals surface area contributed by atoms with Gasteiger partial charge in [0.15, 0.2) is 0 Å². The van der Waals surface area contributed by atoms with Gasteiger partial charge in [0.05, 0.1) is 0 Å². The van der Waals surface area contributed by atoms with Crippen LogP contribution in [-0.4, -0.2) is 14.7 Å². The minimum Gasteiger partial charge on any atom is -0.380 e. The average Bonchev–Trinajstić information content (AvgIpc) is 2.73. The molecule has 2 aromatic rings. The Morgan fingerprint density at radius 1 is 1.50 bits per heavy atom. The van der Waals surface area contributed by atoms with Crippen molar-refractivity contribution in [3.8, 4) is 0 Å². The van der Waals surface area contributed by atoms with Crippen LogP contribution in [0.1, 0.15) is 23.1 Å². The first-order chi connectivity index (χ1) is 6.70. The molecular weight excluding hydrogens is 196 g/mol. The van der Waals surface area contributed by atoms with Gasteiger partial charge < -0.3 is 9.67 Å². The largest absolute Gasteiger partial charge is 0.380 e. The van der Waals surface area contributed by atoms with Gasteiger partial charge in [-0.3, -0.25) is 0 Å². The third-order valence-electron chi connectivity index (χ3n) is 2.29. The van der Waals surface area contributed by atoms with Crippen LogP contribution in [0.2, 0.25) is 0 Å². The first-order valence-corrected chi connectivity index (χ1v) is 5.32. The Morgan fingerprint density at radius 3 is 2.79 bits per heavy atom. The number of rotatable bonds is 2. The summed E-state index contributed by atoms with van der Waals surface area (Å²) in [6, 6.07) is 0. The van der Waals surface area contributed by atoms with Crippen LogP contribution < -0.4 is 0 Å². The monoisotopic (exact) mass is 208 g/mol. The molecule has 2 aromatic heterocycles. The zero-order valence-electron chi connectivity index (χ0n) is 8.14. The molecule has 0 radical (unpaired) electrons. The van der Waals surface area contributed by atoms with Gasteiger partial charge in [-0.25, -0.2) is 4.98 Å². The molecule has 3 nitrogen and oxygen atoms in total. The Balaban J connectivity index is 2.38. The van der Waals surface area contributed by atoms with Gasteiger partial charge >= 0.3 is 0 Å². The van der Waals surface area contributed by atoms with Crippen LogP contribution >= 0.6 is 11.3 Å². The molecule has 1 N–H and O–H groups in total. The fourth-order valence-corrected chi connectivity index (χ4v) is 2.30. The normalized spacial score (nSPS) is 13.1. The Bertz CT molecular complexity index is 393. The van der Waals surface area contributed by atoms with Crippen molar-refractivity contribution in [3.63, 3.8) is 0 Å². The molecule has 0 saturated heterocycles. The molecule has 74 valence electrons. The summed E-state index contributed by atoms with van der Waals surface area (Å²) in [6.45, 7) is 2.00. The average molecular weight is 208 g/mol. The van der Waals surface area contributed by atoms with Gasteiger partial charge in [-0.15, -0.1) is 0 Å². The maximum atomic E-state index is 10.1. The summed E-state index contributed by atoms with van der Waals surface area (Å²) in [6.07, 6.45) is 2.92. The lowest BCUT2D eigenvalue weighted by molar-refractivity contribution is 0.206. The molecule has 1 atom stereocenters. The summed E-state index contributed by atoms with van der Waals surface area (Å²) in [7, 11) is 1.88. The molecule has 0 spiro atoms. The Morgan fingerprint density at radius 2 is 2.29 bits per heavy atom. The number of aryl methyl sites for hydroxylation is 2. The second kappa shape index (κ2) is 3.55. The highest BCUT2D eigenvalue weighted by Gasteiger charge is 2.16.